The molecule has 1 heterocycles. The highest BCUT2D eigenvalue weighted by Crippen LogP contribution is 2.31. The highest BCUT2D eigenvalue weighted by molar-refractivity contribution is 5.78. The van der Waals surface area contributed by atoms with E-state index in [1.165, 1.54) is 23.3 Å². The number of carbonyl (C=O) groups is 1. The Bertz CT molecular complexity index is 1330. The molecule has 6 nitrogen and oxygen atoms in total. The van der Waals surface area contributed by atoms with Crippen LogP contribution >= 0.6 is 0 Å². The van der Waals surface area contributed by atoms with Crippen LogP contribution in [0.1, 0.15) is 24.4 Å². The van der Waals surface area contributed by atoms with Gasteiger partial charge in [0.15, 0.2) is 0 Å². The van der Waals surface area contributed by atoms with Crippen LogP contribution in [0.15, 0.2) is 122 Å². The van der Waals surface area contributed by atoms with Gasteiger partial charge in [0.25, 0.3) is 0 Å². The monoisotopic (exact) mass is 519 g/mol. The zero-order valence-electron chi connectivity index (χ0n) is 21.9. The van der Waals surface area contributed by atoms with Crippen LogP contribution in [0.5, 0.6) is 17.2 Å². The number of rotatable bonds is 12. The van der Waals surface area contributed by atoms with Crippen molar-refractivity contribution in [3.8, 4) is 17.2 Å². The molecule has 39 heavy (non-hydrogen) atoms. The lowest BCUT2D eigenvalue weighted by Crippen LogP contribution is -2.28. The van der Waals surface area contributed by atoms with Crippen molar-refractivity contribution in [3.05, 3.63) is 127 Å². The smallest absolute Gasteiger partial charge is 0.218 e. The lowest BCUT2D eigenvalue weighted by atomic mass is 10.0. The predicted molar refractivity (Wildman–Crippen MR) is 156 cm³/mol. The van der Waals surface area contributed by atoms with Crippen LogP contribution < -0.4 is 19.7 Å². The maximum atomic E-state index is 11.7. The van der Waals surface area contributed by atoms with Gasteiger partial charge in [0.2, 0.25) is 6.41 Å². The summed E-state index contributed by atoms with van der Waals surface area (Å²) in [6, 6.07) is 36.0. The fourth-order valence-electron chi connectivity index (χ4n) is 4.78. The maximum Gasteiger partial charge on any atom is 0.218 e. The molecule has 4 aromatic carbocycles. The van der Waals surface area contributed by atoms with E-state index in [1.54, 1.807) is 12.4 Å². The number of ether oxygens (including phenoxy) is 2. The number of amides is 1. The van der Waals surface area contributed by atoms with E-state index in [1.807, 2.05) is 78.9 Å². The van der Waals surface area contributed by atoms with Crippen LogP contribution in [-0.2, 0) is 4.79 Å². The van der Waals surface area contributed by atoms with Crippen LogP contribution in [0.2, 0.25) is 0 Å². The predicted octanol–water partition coefficient (Wildman–Crippen LogP) is 7.24. The largest absolute Gasteiger partial charge is 0.492 e. The SMILES string of the molecule is O=CN(/C=C\Nc1ccc(Oc2ccccc2)cc1)c1ccc(OCCN2CCCC2c2ccccc2)cc1. The molecule has 1 N–H and O–H groups in total. The molecule has 1 atom stereocenters. The number of benzene rings is 4. The van der Waals surface area contributed by atoms with E-state index in [9.17, 15) is 4.79 Å². The number of carbonyl (C=O) groups excluding carboxylic acids is 1. The first-order valence-electron chi connectivity index (χ1n) is 13.3. The molecule has 6 heteroatoms. The van der Waals surface area contributed by atoms with Crippen molar-refractivity contribution >= 4 is 17.8 Å². The van der Waals surface area contributed by atoms with Crippen LogP contribution in [0.25, 0.3) is 0 Å². The highest BCUT2D eigenvalue weighted by Gasteiger charge is 2.25. The quantitative estimate of drug-likeness (QED) is 0.200. The summed E-state index contributed by atoms with van der Waals surface area (Å²) >= 11 is 0. The number of hydrogen-bond acceptors (Lipinski definition) is 5. The summed E-state index contributed by atoms with van der Waals surface area (Å²) in [5.74, 6) is 2.34. The lowest BCUT2D eigenvalue weighted by molar-refractivity contribution is -0.106. The number of hydrogen-bond donors (Lipinski definition) is 1. The van der Waals surface area contributed by atoms with E-state index in [0.29, 0.717) is 12.6 Å². The summed E-state index contributed by atoms with van der Waals surface area (Å²) in [6.45, 7) is 2.61. The van der Waals surface area contributed by atoms with Gasteiger partial charge < -0.3 is 14.8 Å². The zero-order chi connectivity index (χ0) is 26.7. The summed E-state index contributed by atoms with van der Waals surface area (Å²) in [7, 11) is 0. The van der Waals surface area contributed by atoms with E-state index in [4.69, 9.17) is 9.47 Å². The molecule has 0 saturated carbocycles. The summed E-state index contributed by atoms with van der Waals surface area (Å²) in [5.41, 5.74) is 3.02. The fraction of sp³-hybridized carbons (Fsp3) is 0.182. The van der Waals surface area contributed by atoms with E-state index in [0.717, 1.165) is 48.1 Å². The maximum absolute atomic E-state index is 11.7. The molecule has 0 radical (unpaired) electrons. The normalized spacial score (nSPS) is 15.2. The third-order valence-electron chi connectivity index (χ3n) is 6.76. The van der Waals surface area contributed by atoms with Gasteiger partial charge in [-0.2, -0.15) is 0 Å². The molecule has 1 saturated heterocycles. The molecule has 1 amide bonds. The average Bonchev–Trinajstić information content (AvgIpc) is 3.46. The van der Waals surface area contributed by atoms with E-state index < -0.39 is 0 Å². The molecule has 0 spiro atoms. The van der Waals surface area contributed by atoms with Crippen molar-refractivity contribution in [2.75, 3.05) is 29.9 Å². The Morgan fingerprint density at radius 2 is 1.49 bits per heavy atom. The van der Waals surface area contributed by atoms with Gasteiger partial charge in [-0.05, 0) is 85.6 Å². The molecule has 1 aliphatic heterocycles. The summed E-state index contributed by atoms with van der Waals surface area (Å²) in [4.78, 5) is 15.7. The van der Waals surface area contributed by atoms with Gasteiger partial charge in [-0.1, -0.05) is 48.5 Å². The molecule has 4 aromatic rings. The van der Waals surface area contributed by atoms with E-state index in [2.05, 4.69) is 40.5 Å². The third kappa shape index (κ3) is 7.27. The number of nitrogens with zero attached hydrogens (tertiary/aromatic N) is 2. The number of likely N-dealkylation sites (tertiary alicyclic amines) is 1. The summed E-state index contributed by atoms with van der Waals surface area (Å²) in [6.07, 6.45) is 6.60. The summed E-state index contributed by atoms with van der Waals surface area (Å²) in [5, 5.41) is 3.19. The second-order valence-electron chi connectivity index (χ2n) is 9.36. The number of para-hydroxylation sites is 1. The molecule has 1 fully saturated rings. The van der Waals surface area contributed by atoms with Crippen LogP contribution in [0, 0.1) is 0 Å². The first kappa shape index (κ1) is 26.1. The minimum absolute atomic E-state index is 0.472. The van der Waals surface area contributed by atoms with E-state index >= 15 is 0 Å². The van der Waals surface area contributed by atoms with Crippen molar-refractivity contribution in [1.82, 2.24) is 4.90 Å². The van der Waals surface area contributed by atoms with Crippen molar-refractivity contribution in [2.45, 2.75) is 18.9 Å². The van der Waals surface area contributed by atoms with Crippen LogP contribution in [0.4, 0.5) is 11.4 Å². The standard InChI is InChI=1S/C33H33N3O3/c37-26-36(23-21-34-28-13-17-32(18-14-28)39-31-10-5-2-6-11-31)29-15-19-30(20-16-29)38-25-24-35-22-7-12-33(35)27-8-3-1-4-9-27/h1-6,8-11,13-21,23,26,33-34H,7,12,22,24-25H2/b23-21-. The van der Waals surface area contributed by atoms with Gasteiger partial charge in [-0.3, -0.25) is 14.6 Å². The first-order valence-corrected chi connectivity index (χ1v) is 13.3. The van der Waals surface area contributed by atoms with E-state index in [-0.39, 0.29) is 0 Å². The van der Waals surface area contributed by atoms with Crippen LogP contribution in [-0.4, -0.2) is 31.0 Å². The lowest BCUT2D eigenvalue weighted by Gasteiger charge is -2.24. The first-order chi connectivity index (χ1) is 19.3. The Balaban J connectivity index is 1.09. The Morgan fingerprint density at radius 1 is 0.821 bits per heavy atom. The van der Waals surface area contributed by atoms with Gasteiger partial charge in [-0.25, -0.2) is 0 Å². The second kappa shape index (κ2) is 13.3. The van der Waals surface area contributed by atoms with Gasteiger partial charge in [0, 0.05) is 36.4 Å². The Kier molecular flexibility index (Phi) is 8.90. The Hall–Kier alpha value is -4.55. The van der Waals surface area contributed by atoms with Gasteiger partial charge >= 0.3 is 0 Å². The molecule has 1 aliphatic rings. The van der Waals surface area contributed by atoms with Gasteiger partial charge in [0.05, 0.1) is 0 Å². The molecule has 0 bridgehead atoms. The summed E-state index contributed by atoms with van der Waals surface area (Å²) < 4.78 is 11.8. The number of anilines is 2. The van der Waals surface area contributed by atoms with Crippen molar-refractivity contribution in [3.63, 3.8) is 0 Å². The molecule has 198 valence electrons. The topological polar surface area (TPSA) is 54.0 Å². The van der Waals surface area contributed by atoms with Gasteiger partial charge in [0.1, 0.15) is 23.9 Å². The molecular weight excluding hydrogens is 486 g/mol. The van der Waals surface area contributed by atoms with Crippen molar-refractivity contribution in [1.29, 1.82) is 0 Å². The Morgan fingerprint density at radius 3 is 2.21 bits per heavy atom. The Labute approximate surface area is 230 Å². The molecule has 0 aromatic heterocycles. The van der Waals surface area contributed by atoms with Crippen LogP contribution in [0.3, 0.4) is 0 Å². The number of nitrogens with one attached hydrogen (secondary N) is 1. The van der Waals surface area contributed by atoms with Crippen molar-refractivity contribution in [2.24, 2.45) is 0 Å². The molecule has 0 aliphatic carbocycles. The highest BCUT2D eigenvalue weighted by atomic mass is 16.5. The molecule has 5 rings (SSSR count). The second-order valence-corrected chi connectivity index (χ2v) is 9.36. The fourth-order valence-corrected chi connectivity index (χ4v) is 4.78. The minimum atomic E-state index is 0.472. The minimum Gasteiger partial charge on any atom is -0.492 e. The third-order valence-corrected chi connectivity index (χ3v) is 6.76. The average molecular weight is 520 g/mol. The van der Waals surface area contributed by atoms with Gasteiger partial charge in [-0.15, -0.1) is 0 Å². The zero-order valence-corrected chi connectivity index (χ0v) is 21.9. The molecular formula is C33H33N3O3. The molecule has 1 unspecified atom stereocenters. The van der Waals surface area contributed by atoms with Crippen molar-refractivity contribution < 1.29 is 14.3 Å².